The fourth-order valence-corrected chi connectivity index (χ4v) is 3.75. The van der Waals surface area contributed by atoms with Gasteiger partial charge in [-0.2, -0.15) is 5.01 Å². The van der Waals surface area contributed by atoms with Crippen molar-refractivity contribution in [3.05, 3.63) is 40.4 Å². The minimum atomic E-state index is -0.403. The molecule has 2 amide bonds. The van der Waals surface area contributed by atoms with Crippen molar-refractivity contribution in [2.75, 3.05) is 5.43 Å². The number of nitrogens with zero attached hydrogens (tertiary/aromatic N) is 3. The Bertz CT molecular complexity index is 1050. The van der Waals surface area contributed by atoms with E-state index in [9.17, 15) is 9.59 Å². The highest BCUT2D eigenvalue weighted by atomic mass is 32.1. The second-order valence-corrected chi connectivity index (χ2v) is 7.06. The van der Waals surface area contributed by atoms with Gasteiger partial charge < -0.3 is 4.98 Å². The Hall–Kier alpha value is -3.00. The maximum atomic E-state index is 12.2. The first-order valence-electron chi connectivity index (χ1n) is 7.70. The molecule has 0 saturated carbocycles. The van der Waals surface area contributed by atoms with Crippen LogP contribution in [0.3, 0.4) is 0 Å². The lowest BCUT2D eigenvalue weighted by Crippen LogP contribution is -2.36. The van der Waals surface area contributed by atoms with Gasteiger partial charge in [0.05, 0.1) is 11.1 Å². The van der Waals surface area contributed by atoms with Crippen LogP contribution in [0, 0.1) is 13.8 Å². The number of hydrogen-bond donors (Lipinski definition) is 2. The molecule has 1 aliphatic heterocycles. The van der Waals surface area contributed by atoms with Crippen LogP contribution in [0.1, 0.15) is 17.4 Å². The standard InChI is InChI=1S/C17H15N5O2S/c1-8-7-12(23)22(17(8)24)21-15-13-9(2)10(3)25-16(13)20-14(19-15)11-5-4-6-18-11/h4-7,18H,1-3H3,(H,19,20,21). The molecular formula is C17H15N5O2S. The molecule has 0 fully saturated rings. The number of aromatic nitrogens is 3. The molecule has 126 valence electrons. The van der Waals surface area contributed by atoms with Gasteiger partial charge in [-0.3, -0.25) is 15.0 Å². The summed E-state index contributed by atoms with van der Waals surface area (Å²) in [4.78, 5) is 38.4. The third kappa shape index (κ3) is 2.42. The van der Waals surface area contributed by atoms with E-state index in [4.69, 9.17) is 0 Å². The smallest absolute Gasteiger partial charge is 0.275 e. The number of aryl methyl sites for hydroxylation is 2. The Labute approximate surface area is 147 Å². The van der Waals surface area contributed by atoms with Crippen LogP contribution in [0.4, 0.5) is 5.82 Å². The highest BCUT2D eigenvalue weighted by Gasteiger charge is 2.30. The summed E-state index contributed by atoms with van der Waals surface area (Å²) < 4.78 is 0. The van der Waals surface area contributed by atoms with Gasteiger partial charge in [0, 0.05) is 22.7 Å². The van der Waals surface area contributed by atoms with E-state index in [-0.39, 0.29) is 5.91 Å². The van der Waals surface area contributed by atoms with Crippen molar-refractivity contribution in [3.8, 4) is 11.5 Å². The van der Waals surface area contributed by atoms with Crippen molar-refractivity contribution in [2.45, 2.75) is 20.8 Å². The number of fused-ring (bicyclic) bond motifs is 1. The monoisotopic (exact) mass is 353 g/mol. The molecule has 25 heavy (non-hydrogen) atoms. The van der Waals surface area contributed by atoms with E-state index >= 15 is 0 Å². The van der Waals surface area contributed by atoms with E-state index in [2.05, 4.69) is 20.4 Å². The van der Waals surface area contributed by atoms with Gasteiger partial charge in [-0.25, -0.2) is 9.97 Å². The number of amides is 2. The summed E-state index contributed by atoms with van der Waals surface area (Å²) in [6.45, 7) is 5.60. The molecule has 0 radical (unpaired) electrons. The zero-order valence-corrected chi connectivity index (χ0v) is 14.7. The van der Waals surface area contributed by atoms with E-state index in [0.717, 1.165) is 31.4 Å². The zero-order valence-electron chi connectivity index (χ0n) is 13.9. The molecule has 4 heterocycles. The summed E-state index contributed by atoms with van der Waals surface area (Å²) in [6, 6.07) is 3.73. The summed E-state index contributed by atoms with van der Waals surface area (Å²) >= 11 is 1.56. The SMILES string of the molecule is CC1=CC(=O)N(Nc2nc(-c3ccc[nH]3)nc3sc(C)c(C)c23)C1=O. The third-order valence-electron chi connectivity index (χ3n) is 4.19. The van der Waals surface area contributed by atoms with Gasteiger partial charge in [0.1, 0.15) is 4.83 Å². The van der Waals surface area contributed by atoms with Gasteiger partial charge in [-0.15, -0.1) is 11.3 Å². The molecule has 0 unspecified atom stereocenters. The Morgan fingerprint density at radius 2 is 2.00 bits per heavy atom. The molecular weight excluding hydrogens is 338 g/mol. The maximum Gasteiger partial charge on any atom is 0.275 e. The van der Waals surface area contributed by atoms with Crippen LogP contribution in [-0.4, -0.2) is 31.8 Å². The molecule has 3 aromatic heterocycles. The molecule has 0 spiro atoms. The second kappa shape index (κ2) is 5.52. The molecule has 7 nitrogen and oxygen atoms in total. The van der Waals surface area contributed by atoms with E-state index in [1.807, 2.05) is 26.0 Å². The first kappa shape index (κ1) is 15.5. The highest BCUT2D eigenvalue weighted by molar-refractivity contribution is 7.18. The average molecular weight is 353 g/mol. The average Bonchev–Trinajstić information content (AvgIpc) is 3.25. The second-order valence-electron chi connectivity index (χ2n) is 5.86. The van der Waals surface area contributed by atoms with Gasteiger partial charge >= 0.3 is 0 Å². The van der Waals surface area contributed by atoms with Crippen LogP contribution < -0.4 is 5.43 Å². The normalized spacial score (nSPS) is 14.5. The summed E-state index contributed by atoms with van der Waals surface area (Å²) in [5.74, 6) is 0.175. The number of H-pyrrole nitrogens is 1. The van der Waals surface area contributed by atoms with E-state index in [0.29, 0.717) is 17.2 Å². The van der Waals surface area contributed by atoms with Gasteiger partial charge in [-0.05, 0) is 38.5 Å². The van der Waals surface area contributed by atoms with Gasteiger partial charge in [-0.1, -0.05) is 0 Å². The lowest BCUT2D eigenvalue weighted by atomic mass is 10.2. The summed E-state index contributed by atoms with van der Waals surface area (Å²) in [5, 5.41) is 1.81. The number of thiophene rings is 1. The van der Waals surface area contributed by atoms with Gasteiger partial charge in [0.15, 0.2) is 11.6 Å². The Morgan fingerprint density at radius 3 is 2.64 bits per heavy atom. The van der Waals surface area contributed by atoms with E-state index in [1.54, 1.807) is 24.5 Å². The quantitative estimate of drug-likeness (QED) is 0.707. The number of anilines is 1. The molecule has 0 aromatic carbocycles. The van der Waals surface area contributed by atoms with E-state index in [1.165, 1.54) is 6.08 Å². The van der Waals surface area contributed by atoms with Gasteiger partial charge in [0.25, 0.3) is 11.8 Å². The maximum absolute atomic E-state index is 12.2. The fraction of sp³-hybridized carbons (Fsp3) is 0.176. The van der Waals surface area contributed by atoms with Crippen molar-refractivity contribution in [1.82, 2.24) is 20.0 Å². The molecule has 0 aliphatic carbocycles. The van der Waals surface area contributed by atoms with Crippen LogP contribution in [0.2, 0.25) is 0 Å². The lowest BCUT2D eigenvalue weighted by molar-refractivity contribution is -0.135. The number of rotatable bonds is 3. The first-order chi connectivity index (χ1) is 12.0. The molecule has 3 aromatic rings. The van der Waals surface area contributed by atoms with Crippen molar-refractivity contribution in [3.63, 3.8) is 0 Å². The first-order valence-corrected chi connectivity index (χ1v) is 8.52. The van der Waals surface area contributed by atoms with E-state index < -0.39 is 5.91 Å². The Balaban J connectivity index is 1.86. The molecule has 0 bridgehead atoms. The van der Waals surface area contributed by atoms with Gasteiger partial charge in [0.2, 0.25) is 0 Å². The summed E-state index contributed by atoms with van der Waals surface area (Å²) in [5.41, 5.74) is 5.09. The number of carbonyl (C=O) groups excluding carboxylic acids is 2. The highest BCUT2D eigenvalue weighted by Crippen LogP contribution is 2.35. The summed E-state index contributed by atoms with van der Waals surface area (Å²) in [6.07, 6.45) is 3.10. The molecule has 0 saturated heterocycles. The number of carbonyl (C=O) groups is 2. The Kier molecular flexibility index (Phi) is 3.43. The minimum absolute atomic E-state index is 0.372. The molecule has 4 rings (SSSR count). The third-order valence-corrected chi connectivity index (χ3v) is 5.29. The molecule has 1 aliphatic rings. The number of imide groups is 1. The largest absolute Gasteiger partial charge is 0.359 e. The van der Waals surface area contributed by atoms with Crippen LogP contribution in [0.5, 0.6) is 0 Å². The van der Waals surface area contributed by atoms with Crippen molar-refractivity contribution in [2.24, 2.45) is 0 Å². The lowest BCUT2D eigenvalue weighted by Gasteiger charge is -2.17. The topological polar surface area (TPSA) is 91.0 Å². The van der Waals surface area contributed by atoms with Crippen LogP contribution in [0.25, 0.3) is 21.7 Å². The molecule has 0 atom stereocenters. The number of hydrazine groups is 1. The van der Waals surface area contributed by atoms with Crippen molar-refractivity contribution >= 4 is 39.2 Å². The number of hydrogen-bond acceptors (Lipinski definition) is 6. The van der Waals surface area contributed by atoms with Crippen LogP contribution in [0.15, 0.2) is 30.0 Å². The number of nitrogens with one attached hydrogen (secondary N) is 2. The van der Waals surface area contributed by atoms with Crippen molar-refractivity contribution in [1.29, 1.82) is 0 Å². The molecule has 2 N–H and O–H groups in total. The van der Waals surface area contributed by atoms with Crippen molar-refractivity contribution < 1.29 is 9.59 Å². The number of aromatic amines is 1. The molecule has 8 heteroatoms. The Morgan fingerprint density at radius 1 is 1.20 bits per heavy atom. The summed E-state index contributed by atoms with van der Waals surface area (Å²) in [7, 11) is 0. The predicted molar refractivity (Wildman–Crippen MR) is 95.9 cm³/mol. The zero-order chi connectivity index (χ0) is 17.7. The van der Waals surface area contributed by atoms with Crippen LogP contribution >= 0.6 is 11.3 Å². The van der Waals surface area contributed by atoms with Crippen LogP contribution in [-0.2, 0) is 9.59 Å². The fourth-order valence-electron chi connectivity index (χ4n) is 2.72. The minimum Gasteiger partial charge on any atom is -0.359 e. The predicted octanol–water partition coefficient (Wildman–Crippen LogP) is 2.95.